The summed E-state index contributed by atoms with van der Waals surface area (Å²) in [7, 11) is 0. The van der Waals surface area contributed by atoms with Crippen LogP contribution >= 0.6 is 0 Å². The lowest BCUT2D eigenvalue weighted by molar-refractivity contribution is 0.122. The number of halogens is 2. The molecular formula is C25H25F2N5O. The van der Waals surface area contributed by atoms with E-state index in [4.69, 9.17) is 4.74 Å². The lowest BCUT2D eigenvalue weighted by Gasteiger charge is -2.28. The minimum Gasteiger partial charge on any atom is -0.378 e. The fourth-order valence-electron chi connectivity index (χ4n) is 3.49. The Hall–Kier alpha value is -3.52. The Morgan fingerprint density at radius 1 is 0.879 bits per heavy atom. The Bertz CT molecular complexity index is 1260. The summed E-state index contributed by atoms with van der Waals surface area (Å²) in [4.78, 5) is 19.9. The first-order chi connectivity index (χ1) is 15.9. The molecule has 0 spiro atoms. The average molecular weight is 450 g/mol. The third-order valence-corrected chi connectivity index (χ3v) is 5.38. The first-order valence-electron chi connectivity index (χ1n) is 10.7. The van der Waals surface area contributed by atoms with Gasteiger partial charge in [-0.15, -0.1) is 0 Å². The van der Waals surface area contributed by atoms with Crippen molar-refractivity contribution in [2.75, 3.05) is 31.2 Å². The number of fused-ring (bicyclic) bond motifs is 1. The van der Waals surface area contributed by atoms with Gasteiger partial charge in [0.05, 0.1) is 30.1 Å². The molecule has 0 atom stereocenters. The number of hydrogen-bond acceptors (Lipinski definition) is 6. The third kappa shape index (κ3) is 5.28. The van der Waals surface area contributed by atoms with Gasteiger partial charge in [-0.25, -0.2) is 23.7 Å². The molecule has 0 amide bonds. The van der Waals surface area contributed by atoms with Crippen LogP contribution in [0.25, 0.3) is 22.3 Å². The molecule has 0 unspecified atom stereocenters. The molecule has 8 heteroatoms. The van der Waals surface area contributed by atoms with Crippen LogP contribution in [0.2, 0.25) is 0 Å². The van der Waals surface area contributed by atoms with Gasteiger partial charge in [-0.3, -0.25) is 4.98 Å². The second kappa shape index (κ2) is 9.95. The number of aryl methyl sites for hydroxylation is 3. The number of anilines is 1. The number of ether oxygens (including phenoxy) is 1. The Labute approximate surface area is 191 Å². The summed E-state index contributed by atoms with van der Waals surface area (Å²) in [6.07, 6.45) is 1.79. The van der Waals surface area contributed by atoms with Crippen molar-refractivity contribution in [3.8, 4) is 11.3 Å². The summed E-state index contributed by atoms with van der Waals surface area (Å²) >= 11 is 0. The first-order valence-corrected chi connectivity index (χ1v) is 10.7. The van der Waals surface area contributed by atoms with Gasteiger partial charge < -0.3 is 9.64 Å². The van der Waals surface area contributed by atoms with Crippen molar-refractivity contribution in [1.82, 2.24) is 19.9 Å². The lowest BCUT2D eigenvalue weighted by Crippen LogP contribution is -2.36. The molecule has 4 heterocycles. The molecule has 33 heavy (non-hydrogen) atoms. The smallest absolute Gasteiger partial charge is 0.135 e. The maximum Gasteiger partial charge on any atom is 0.135 e. The predicted octanol–water partition coefficient (Wildman–Crippen LogP) is 4.81. The van der Waals surface area contributed by atoms with Crippen LogP contribution in [-0.4, -0.2) is 46.2 Å². The van der Waals surface area contributed by atoms with Gasteiger partial charge in [-0.1, -0.05) is 6.07 Å². The zero-order valence-electron chi connectivity index (χ0n) is 18.8. The molecule has 170 valence electrons. The van der Waals surface area contributed by atoms with E-state index in [-0.39, 0.29) is 5.56 Å². The molecule has 4 aromatic rings. The van der Waals surface area contributed by atoms with E-state index in [1.165, 1.54) is 12.1 Å². The Morgan fingerprint density at radius 3 is 2.27 bits per heavy atom. The molecular weight excluding hydrogens is 424 g/mol. The summed E-state index contributed by atoms with van der Waals surface area (Å²) in [5.74, 6) is -0.604. The number of morpholine rings is 1. The molecule has 0 N–H and O–H groups in total. The van der Waals surface area contributed by atoms with Gasteiger partial charge in [0.25, 0.3) is 0 Å². The molecule has 1 aromatic carbocycles. The van der Waals surface area contributed by atoms with E-state index < -0.39 is 11.6 Å². The summed E-state index contributed by atoms with van der Waals surface area (Å²) < 4.78 is 33.2. The van der Waals surface area contributed by atoms with E-state index in [0.29, 0.717) is 48.8 Å². The van der Waals surface area contributed by atoms with Crippen LogP contribution in [0.1, 0.15) is 17.1 Å². The van der Waals surface area contributed by atoms with E-state index >= 15 is 0 Å². The third-order valence-electron chi connectivity index (χ3n) is 5.38. The molecule has 0 bridgehead atoms. The monoisotopic (exact) mass is 449 g/mol. The van der Waals surface area contributed by atoms with E-state index in [9.17, 15) is 8.78 Å². The number of pyridine rings is 2. The van der Waals surface area contributed by atoms with Gasteiger partial charge in [0.2, 0.25) is 0 Å². The van der Waals surface area contributed by atoms with Crippen molar-refractivity contribution >= 4 is 16.9 Å². The maximum absolute atomic E-state index is 14.5. The molecule has 0 saturated carbocycles. The van der Waals surface area contributed by atoms with Gasteiger partial charge in [0.1, 0.15) is 28.7 Å². The quantitative estimate of drug-likeness (QED) is 0.438. The molecule has 6 nitrogen and oxygen atoms in total. The van der Waals surface area contributed by atoms with Gasteiger partial charge in [0, 0.05) is 42.7 Å². The highest BCUT2D eigenvalue weighted by atomic mass is 19.1. The standard InChI is InChI=1S/C19H18F2N4O.C6H7N/c1-11-12(2)23-19-16(22-11)10-17(25-5-7-26-8-6-25)24-18(19)14-4-3-13(20)9-15(14)21;1-6-4-2-3-5-7-6/h3-4,9-10H,5-8H2,1-2H3;2-5H,1H3. The fraction of sp³-hybridized carbons (Fsp3) is 0.280. The number of hydrogen-bond donors (Lipinski definition) is 0. The van der Waals surface area contributed by atoms with Crippen LogP contribution < -0.4 is 4.90 Å². The summed E-state index contributed by atoms with van der Waals surface area (Å²) in [6, 6.07) is 11.2. The Kier molecular flexibility index (Phi) is 6.84. The van der Waals surface area contributed by atoms with Crippen LogP contribution in [0.3, 0.4) is 0 Å². The Balaban J connectivity index is 0.000000318. The van der Waals surface area contributed by atoms with Gasteiger partial charge in [0.15, 0.2) is 0 Å². The Morgan fingerprint density at radius 2 is 1.64 bits per heavy atom. The average Bonchev–Trinajstić information content (AvgIpc) is 2.81. The molecule has 1 fully saturated rings. The van der Waals surface area contributed by atoms with Gasteiger partial charge >= 0.3 is 0 Å². The number of nitrogens with zero attached hydrogens (tertiary/aromatic N) is 5. The summed E-state index contributed by atoms with van der Waals surface area (Å²) in [6.45, 7) is 8.32. The van der Waals surface area contributed by atoms with E-state index in [1.807, 2.05) is 45.0 Å². The maximum atomic E-state index is 14.5. The second-order valence-electron chi connectivity index (χ2n) is 7.79. The predicted molar refractivity (Wildman–Crippen MR) is 124 cm³/mol. The van der Waals surface area contributed by atoms with Crippen LogP contribution in [0, 0.1) is 32.4 Å². The zero-order chi connectivity index (χ0) is 23.4. The van der Waals surface area contributed by atoms with Crippen molar-refractivity contribution in [1.29, 1.82) is 0 Å². The molecule has 0 aliphatic carbocycles. The number of aromatic nitrogens is 4. The molecule has 3 aromatic heterocycles. The van der Waals surface area contributed by atoms with Crippen molar-refractivity contribution < 1.29 is 13.5 Å². The highest BCUT2D eigenvalue weighted by molar-refractivity contribution is 5.91. The zero-order valence-corrected chi connectivity index (χ0v) is 18.8. The first kappa shape index (κ1) is 22.7. The molecule has 1 aliphatic heterocycles. The summed E-state index contributed by atoms with van der Waals surface area (Å²) in [5, 5.41) is 0. The minimum atomic E-state index is -0.669. The van der Waals surface area contributed by atoms with Crippen molar-refractivity contribution in [3.05, 3.63) is 77.4 Å². The SMILES string of the molecule is Cc1ccccn1.Cc1nc2cc(N3CCOCC3)nc(-c3ccc(F)cc3F)c2nc1C. The van der Waals surface area contributed by atoms with Crippen molar-refractivity contribution in [2.24, 2.45) is 0 Å². The van der Waals surface area contributed by atoms with Crippen LogP contribution in [0.4, 0.5) is 14.6 Å². The summed E-state index contributed by atoms with van der Waals surface area (Å²) in [5.41, 5.74) is 4.37. The van der Waals surface area contributed by atoms with Crippen LogP contribution in [0.15, 0.2) is 48.7 Å². The van der Waals surface area contributed by atoms with Crippen LogP contribution in [0.5, 0.6) is 0 Å². The number of benzene rings is 1. The minimum absolute atomic E-state index is 0.212. The molecule has 5 rings (SSSR count). The molecule has 0 radical (unpaired) electrons. The van der Waals surface area contributed by atoms with Crippen molar-refractivity contribution in [3.63, 3.8) is 0 Å². The van der Waals surface area contributed by atoms with E-state index in [0.717, 1.165) is 23.1 Å². The normalized spacial score (nSPS) is 13.5. The van der Waals surface area contributed by atoms with Crippen LogP contribution in [-0.2, 0) is 4.74 Å². The number of rotatable bonds is 2. The van der Waals surface area contributed by atoms with E-state index in [1.54, 1.807) is 6.20 Å². The van der Waals surface area contributed by atoms with Crippen molar-refractivity contribution in [2.45, 2.75) is 20.8 Å². The molecule has 1 saturated heterocycles. The largest absolute Gasteiger partial charge is 0.378 e. The van der Waals surface area contributed by atoms with Gasteiger partial charge in [-0.05, 0) is 45.0 Å². The molecule has 1 aliphatic rings. The second-order valence-corrected chi connectivity index (χ2v) is 7.79. The highest BCUT2D eigenvalue weighted by Crippen LogP contribution is 2.31. The van der Waals surface area contributed by atoms with Gasteiger partial charge in [-0.2, -0.15) is 0 Å². The fourth-order valence-corrected chi connectivity index (χ4v) is 3.49. The topological polar surface area (TPSA) is 64.0 Å². The highest BCUT2D eigenvalue weighted by Gasteiger charge is 2.20. The lowest BCUT2D eigenvalue weighted by atomic mass is 10.1. The van der Waals surface area contributed by atoms with E-state index in [2.05, 4.69) is 24.8 Å².